The van der Waals surface area contributed by atoms with Crippen LogP contribution in [0.1, 0.15) is 19.8 Å². The summed E-state index contributed by atoms with van der Waals surface area (Å²) < 4.78 is 0. The topological polar surface area (TPSA) is 83.1 Å². The smallest absolute Gasteiger partial charge is 0.229 e. The van der Waals surface area contributed by atoms with Crippen molar-refractivity contribution in [1.82, 2.24) is 30.4 Å². The highest BCUT2D eigenvalue weighted by atomic mass is 28.3. The minimum absolute atomic E-state index is 0.189. The number of nitrogens with zero attached hydrogens (tertiary/aromatic N) is 4. The number of hydrogen-bond donors (Lipinski definition) is 2. The highest BCUT2D eigenvalue weighted by molar-refractivity contribution is 6.85. The molecule has 2 aliphatic carbocycles. The molecule has 2 aromatic rings. The fraction of sp³-hybridized carbons (Fsp3) is 0.500. The van der Waals surface area contributed by atoms with Crippen LogP contribution in [-0.4, -0.2) is 39.2 Å². The Labute approximate surface area is 112 Å². The lowest BCUT2D eigenvalue weighted by Crippen LogP contribution is -2.55. The second-order valence-electron chi connectivity index (χ2n) is 5.54. The van der Waals surface area contributed by atoms with Crippen LogP contribution in [0.2, 0.25) is 5.04 Å². The van der Waals surface area contributed by atoms with E-state index in [0.717, 1.165) is 16.8 Å². The fourth-order valence-corrected chi connectivity index (χ4v) is 6.88. The predicted molar refractivity (Wildman–Crippen MR) is 71.5 cm³/mol. The zero-order valence-electron chi connectivity index (χ0n) is 10.7. The van der Waals surface area contributed by atoms with Crippen molar-refractivity contribution in [2.45, 2.75) is 24.8 Å². The van der Waals surface area contributed by atoms with Crippen LogP contribution in [0.25, 0.3) is 0 Å². The van der Waals surface area contributed by atoms with E-state index in [4.69, 9.17) is 0 Å². The summed E-state index contributed by atoms with van der Waals surface area (Å²) in [7, 11) is -1.15. The first kappa shape index (κ1) is 11.1. The van der Waals surface area contributed by atoms with Gasteiger partial charge in [0.05, 0.1) is 0 Å². The molecule has 1 radical (unpaired) electrons. The third kappa shape index (κ3) is 1.47. The van der Waals surface area contributed by atoms with Crippen LogP contribution in [0, 0.1) is 11.8 Å². The van der Waals surface area contributed by atoms with Crippen LogP contribution in [0.4, 0.5) is 0 Å². The van der Waals surface area contributed by atoms with Gasteiger partial charge in [0.2, 0.25) is 8.80 Å². The Kier molecular flexibility index (Phi) is 2.26. The lowest BCUT2D eigenvalue weighted by atomic mass is 9.95. The van der Waals surface area contributed by atoms with Crippen LogP contribution in [0.3, 0.4) is 0 Å². The van der Waals surface area contributed by atoms with E-state index in [1.54, 1.807) is 12.7 Å². The summed E-state index contributed by atoms with van der Waals surface area (Å²) in [6.45, 7) is 2.35. The van der Waals surface area contributed by atoms with Gasteiger partial charge in [-0.15, -0.1) is 0 Å². The van der Waals surface area contributed by atoms with E-state index >= 15 is 0 Å². The summed E-state index contributed by atoms with van der Waals surface area (Å²) in [5, 5.41) is 14.4. The fourth-order valence-electron chi connectivity index (χ4n) is 3.71. The van der Waals surface area contributed by atoms with E-state index in [2.05, 4.69) is 49.4 Å². The van der Waals surface area contributed by atoms with Crippen molar-refractivity contribution in [1.29, 1.82) is 0 Å². The van der Waals surface area contributed by atoms with Gasteiger partial charge < -0.3 is 0 Å². The van der Waals surface area contributed by atoms with Crippen molar-refractivity contribution in [3.05, 3.63) is 24.8 Å². The van der Waals surface area contributed by atoms with E-state index in [-0.39, 0.29) is 5.04 Å². The Morgan fingerprint density at radius 2 is 1.89 bits per heavy atom. The Balaban J connectivity index is 1.86. The molecule has 2 aliphatic rings. The largest absolute Gasteiger partial charge is 0.267 e. The summed E-state index contributed by atoms with van der Waals surface area (Å²) in [5.41, 5.74) is 1.95. The van der Waals surface area contributed by atoms with Gasteiger partial charge in [0, 0.05) is 0 Å². The number of hydrogen-bond acceptors (Lipinski definition) is 4. The lowest BCUT2D eigenvalue weighted by molar-refractivity contribution is 0.503. The maximum absolute atomic E-state index is 4.42. The Bertz CT molecular complexity index is 558. The van der Waals surface area contributed by atoms with Gasteiger partial charge in [-0.1, -0.05) is 19.1 Å². The first-order valence-corrected chi connectivity index (χ1v) is 8.08. The molecule has 0 amide bonds. The van der Waals surface area contributed by atoms with Gasteiger partial charge in [0.15, 0.2) is 0 Å². The summed E-state index contributed by atoms with van der Waals surface area (Å²) in [4.78, 5) is 8.84. The summed E-state index contributed by atoms with van der Waals surface area (Å²) in [6.07, 6.45) is 10.4. The van der Waals surface area contributed by atoms with E-state index in [1.165, 1.54) is 12.8 Å². The standard InChI is InChI=1S/C12H15N6Si/c1-8-4-9-2-3-12(8,5-9)19(10-13-6-15-17-10)11-14-7-16-18-11/h2-3,6-9H,4-5H2,1H3,(H,13,15,17)(H,14,16,18). The van der Waals surface area contributed by atoms with E-state index in [1.807, 2.05) is 0 Å². The maximum atomic E-state index is 4.42. The van der Waals surface area contributed by atoms with Crippen molar-refractivity contribution < 1.29 is 0 Å². The molecule has 2 heterocycles. The molecular weight excluding hydrogens is 256 g/mol. The number of rotatable bonds is 3. The molecule has 1 fully saturated rings. The van der Waals surface area contributed by atoms with Gasteiger partial charge in [-0.25, -0.2) is 9.97 Å². The molecule has 97 valence electrons. The molecule has 0 aromatic carbocycles. The number of fused-ring (bicyclic) bond motifs is 2. The zero-order valence-corrected chi connectivity index (χ0v) is 11.7. The molecule has 0 saturated heterocycles. The third-order valence-electron chi connectivity index (χ3n) is 4.57. The van der Waals surface area contributed by atoms with E-state index in [9.17, 15) is 0 Å². The SMILES string of the molecule is CC1CC2C=CC1([Si](c1ncn[nH]1)c1ncn[nH]1)C2. The zero-order chi connectivity index (χ0) is 12.9. The van der Waals surface area contributed by atoms with Crippen LogP contribution in [-0.2, 0) is 0 Å². The van der Waals surface area contributed by atoms with Gasteiger partial charge in [0.1, 0.15) is 23.5 Å². The number of allylic oxidation sites excluding steroid dienone is 2. The third-order valence-corrected chi connectivity index (χ3v) is 7.79. The normalized spacial score (nSPS) is 32.5. The van der Waals surface area contributed by atoms with E-state index in [0.29, 0.717) is 5.92 Å². The first-order valence-electron chi connectivity index (χ1n) is 6.58. The molecule has 19 heavy (non-hydrogen) atoms. The minimum Gasteiger partial charge on any atom is -0.267 e. The van der Waals surface area contributed by atoms with Crippen LogP contribution in [0.15, 0.2) is 24.8 Å². The first-order chi connectivity index (χ1) is 9.29. The van der Waals surface area contributed by atoms with E-state index < -0.39 is 8.80 Å². The Morgan fingerprint density at radius 1 is 1.21 bits per heavy atom. The molecule has 7 heteroatoms. The summed E-state index contributed by atoms with van der Waals surface area (Å²) in [5.74, 6) is 1.38. The number of H-pyrrole nitrogens is 2. The van der Waals surface area contributed by atoms with Gasteiger partial charge in [-0.05, 0) is 29.7 Å². The van der Waals surface area contributed by atoms with Crippen molar-refractivity contribution in [3.8, 4) is 0 Å². The second-order valence-corrected chi connectivity index (χ2v) is 8.17. The number of aromatic amines is 2. The lowest BCUT2D eigenvalue weighted by Gasteiger charge is -2.34. The van der Waals surface area contributed by atoms with Gasteiger partial charge >= 0.3 is 0 Å². The van der Waals surface area contributed by atoms with Crippen LogP contribution < -0.4 is 10.9 Å². The van der Waals surface area contributed by atoms with Crippen molar-refractivity contribution >= 4 is 19.7 Å². The molecule has 2 bridgehead atoms. The molecule has 3 atom stereocenters. The van der Waals surface area contributed by atoms with Crippen LogP contribution >= 0.6 is 0 Å². The quantitative estimate of drug-likeness (QED) is 0.602. The maximum Gasteiger partial charge on any atom is 0.229 e. The molecule has 0 spiro atoms. The minimum atomic E-state index is -1.15. The average Bonchev–Trinajstić information content (AvgIpc) is 3.12. The molecular formula is C12H15N6Si. The van der Waals surface area contributed by atoms with Gasteiger partial charge in [-0.2, -0.15) is 10.2 Å². The molecule has 0 aliphatic heterocycles. The van der Waals surface area contributed by atoms with Crippen molar-refractivity contribution in [2.24, 2.45) is 11.8 Å². The monoisotopic (exact) mass is 271 g/mol. The number of nitrogens with one attached hydrogen (secondary N) is 2. The molecule has 2 N–H and O–H groups in total. The Hall–Kier alpha value is -1.76. The Morgan fingerprint density at radius 3 is 2.32 bits per heavy atom. The predicted octanol–water partition coefficient (Wildman–Crippen LogP) is -0.112. The van der Waals surface area contributed by atoms with Crippen LogP contribution in [0.5, 0.6) is 0 Å². The molecule has 3 unspecified atom stereocenters. The molecule has 2 aromatic heterocycles. The van der Waals surface area contributed by atoms with Gasteiger partial charge in [-0.3, -0.25) is 10.2 Å². The van der Waals surface area contributed by atoms with Crippen molar-refractivity contribution in [2.75, 3.05) is 0 Å². The molecule has 1 saturated carbocycles. The van der Waals surface area contributed by atoms with Gasteiger partial charge in [0.25, 0.3) is 0 Å². The molecule has 6 nitrogen and oxygen atoms in total. The van der Waals surface area contributed by atoms with Crippen molar-refractivity contribution in [3.63, 3.8) is 0 Å². The highest BCUT2D eigenvalue weighted by Gasteiger charge is 2.55. The molecule has 4 rings (SSSR count). The summed E-state index contributed by atoms with van der Waals surface area (Å²) in [6, 6.07) is 0. The highest BCUT2D eigenvalue weighted by Crippen LogP contribution is 2.59. The average molecular weight is 271 g/mol. The number of aromatic nitrogens is 6. The second kappa shape index (κ2) is 3.86. The summed E-state index contributed by atoms with van der Waals surface area (Å²) >= 11 is 0.